The Morgan fingerprint density at radius 1 is 0.826 bits per heavy atom. The van der Waals surface area contributed by atoms with Gasteiger partial charge in [0.15, 0.2) is 0 Å². The van der Waals surface area contributed by atoms with Gasteiger partial charge in [-0.1, -0.05) is 30.3 Å². The van der Waals surface area contributed by atoms with Gasteiger partial charge in [-0.25, -0.2) is 8.42 Å². The topological polar surface area (TPSA) is 57.2 Å². The maximum Gasteiger partial charge on any atom is 0.124 e. The molecule has 0 aliphatic carbocycles. The van der Waals surface area contributed by atoms with Crippen LogP contribution in [0.4, 0.5) is 0 Å². The number of benzene rings is 2. The highest BCUT2D eigenvalue weighted by Gasteiger charge is 2.16. The first-order chi connectivity index (χ1) is 10.8. The van der Waals surface area contributed by atoms with Crippen molar-refractivity contribution in [3.8, 4) is 0 Å². The molecule has 0 unspecified atom stereocenters. The molecule has 2 aromatic rings. The Kier molecular flexibility index (Phi) is 7.19. The summed E-state index contributed by atoms with van der Waals surface area (Å²) >= 11 is 0. The third kappa shape index (κ3) is 5.30. The molecule has 0 radical (unpaired) electrons. The minimum Gasteiger partial charge on any atom is -0.744 e. The van der Waals surface area contributed by atoms with Crippen molar-refractivity contribution in [1.82, 2.24) is 0 Å². The van der Waals surface area contributed by atoms with Gasteiger partial charge in [0.25, 0.3) is 0 Å². The predicted molar refractivity (Wildman–Crippen MR) is 94.3 cm³/mol. The molecule has 0 saturated heterocycles. The van der Waals surface area contributed by atoms with E-state index in [1.54, 1.807) is 18.2 Å². The summed E-state index contributed by atoms with van der Waals surface area (Å²) in [5.74, 6) is 0. The molecule has 0 bridgehead atoms. The first-order valence-electron chi connectivity index (χ1n) is 8.11. The first-order valence-corrected chi connectivity index (χ1v) is 9.52. The number of hydrogen-bond donors (Lipinski definition) is 0. The van der Waals surface area contributed by atoms with E-state index in [4.69, 9.17) is 0 Å². The lowest BCUT2D eigenvalue weighted by molar-refractivity contribution is -0.921. The Morgan fingerprint density at radius 3 is 1.70 bits per heavy atom. The molecule has 0 amide bonds. The SMILES string of the molecule is CC[N+](CC)(CC)CC.O=S(=O)([O-])c1ccc2ccccc2c1. The van der Waals surface area contributed by atoms with E-state index in [0.717, 1.165) is 10.8 Å². The molecule has 4 nitrogen and oxygen atoms in total. The van der Waals surface area contributed by atoms with Crippen LogP contribution in [0.1, 0.15) is 27.7 Å². The van der Waals surface area contributed by atoms with Crippen LogP contribution in [-0.4, -0.2) is 43.6 Å². The summed E-state index contributed by atoms with van der Waals surface area (Å²) in [6.07, 6.45) is 0. The van der Waals surface area contributed by atoms with E-state index in [9.17, 15) is 13.0 Å². The smallest absolute Gasteiger partial charge is 0.124 e. The van der Waals surface area contributed by atoms with Crippen molar-refractivity contribution in [1.29, 1.82) is 0 Å². The molecule has 0 heterocycles. The zero-order chi connectivity index (χ0) is 17.5. The van der Waals surface area contributed by atoms with Gasteiger partial charge in [0.1, 0.15) is 10.1 Å². The van der Waals surface area contributed by atoms with Crippen LogP contribution in [0, 0.1) is 0 Å². The number of rotatable bonds is 5. The van der Waals surface area contributed by atoms with Crippen LogP contribution < -0.4 is 0 Å². The van der Waals surface area contributed by atoms with E-state index in [1.807, 2.05) is 12.1 Å². The molecule has 5 heteroatoms. The maximum atomic E-state index is 10.7. The highest BCUT2D eigenvalue weighted by Crippen LogP contribution is 2.18. The predicted octanol–water partition coefficient (Wildman–Crippen LogP) is 3.63. The molecule has 0 spiro atoms. The second-order valence-electron chi connectivity index (χ2n) is 5.57. The van der Waals surface area contributed by atoms with Crippen molar-refractivity contribution >= 4 is 20.9 Å². The van der Waals surface area contributed by atoms with E-state index in [1.165, 1.54) is 42.8 Å². The fourth-order valence-corrected chi connectivity index (χ4v) is 3.17. The molecule has 0 saturated carbocycles. The van der Waals surface area contributed by atoms with Crippen molar-refractivity contribution in [2.75, 3.05) is 26.2 Å². The molecular formula is C18H27NO3S. The Balaban J connectivity index is 0.000000257. The third-order valence-corrected chi connectivity index (χ3v) is 5.52. The quantitative estimate of drug-likeness (QED) is 0.618. The molecule has 23 heavy (non-hydrogen) atoms. The average Bonchev–Trinajstić information content (AvgIpc) is 2.57. The van der Waals surface area contributed by atoms with Crippen molar-refractivity contribution in [2.45, 2.75) is 32.6 Å². The highest BCUT2D eigenvalue weighted by molar-refractivity contribution is 7.85. The molecule has 0 atom stereocenters. The fraction of sp³-hybridized carbons (Fsp3) is 0.444. The van der Waals surface area contributed by atoms with Crippen molar-refractivity contribution in [3.63, 3.8) is 0 Å². The normalized spacial score (nSPS) is 11.9. The Hall–Kier alpha value is -1.43. The van der Waals surface area contributed by atoms with Gasteiger partial charge >= 0.3 is 0 Å². The molecule has 0 fully saturated rings. The van der Waals surface area contributed by atoms with Crippen LogP contribution in [0.2, 0.25) is 0 Å². The highest BCUT2D eigenvalue weighted by atomic mass is 32.2. The van der Waals surface area contributed by atoms with E-state index in [2.05, 4.69) is 27.7 Å². The number of quaternary nitrogens is 1. The lowest BCUT2D eigenvalue weighted by atomic mass is 10.1. The molecule has 0 aliphatic rings. The summed E-state index contributed by atoms with van der Waals surface area (Å²) in [5.41, 5.74) is 0. The third-order valence-electron chi connectivity index (χ3n) is 4.69. The Labute approximate surface area is 140 Å². The van der Waals surface area contributed by atoms with Crippen LogP contribution >= 0.6 is 0 Å². The van der Waals surface area contributed by atoms with Crippen LogP contribution in [0.5, 0.6) is 0 Å². The summed E-state index contributed by atoms with van der Waals surface area (Å²) in [7, 11) is -4.34. The van der Waals surface area contributed by atoms with Gasteiger partial charge in [-0.2, -0.15) is 0 Å². The summed E-state index contributed by atoms with van der Waals surface area (Å²) < 4.78 is 33.4. The van der Waals surface area contributed by atoms with E-state index in [0.29, 0.717) is 0 Å². The van der Waals surface area contributed by atoms with Crippen LogP contribution in [0.3, 0.4) is 0 Å². The minimum atomic E-state index is -4.34. The number of fused-ring (bicyclic) bond motifs is 1. The fourth-order valence-electron chi connectivity index (χ4n) is 2.66. The van der Waals surface area contributed by atoms with E-state index in [-0.39, 0.29) is 4.90 Å². The zero-order valence-electron chi connectivity index (χ0n) is 14.5. The van der Waals surface area contributed by atoms with E-state index < -0.39 is 10.1 Å². The Bertz CT molecular complexity index is 704. The van der Waals surface area contributed by atoms with E-state index >= 15 is 0 Å². The first kappa shape index (κ1) is 19.6. The summed E-state index contributed by atoms with van der Waals surface area (Å²) in [6.45, 7) is 14.2. The van der Waals surface area contributed by atoms with Crippen LogP contribution in [0.15, 0.2) is 47.4 Å². The van der Waals surface area contributed by atoms with Gasteiger partial charge in [-0.05, 0) is 50.6 Å². The molecule has 0 N–H and O–H groups in total. The average molecular weight is 337 g/mol. The van der Waals surface area contributed by atoms with Gasteiger partial charge in [-0.15, -0.1) is 0 Å². The van der Waals surface area contributed by atoms with Crippen LogP contribution in [0.25, 0.3) is 10.8 Å². The lowest BCUT2D eigenvalue weighted by Crippen LogP contribution is -2.47. The van der Waals surface area contributed by atoms with Gasteiger partial charge in [0, 0.05) is 0 Å². The molecular weight excluding hydrogens is 310 g/mol. The largest absolute Gasteiger partial charge is 0.744 e. The number of hydrogen-bond acceptors (Lipinski definition) is 3. The second kappa shape index (κ2) is 8.43. The standard InChI is InChI=1S/C10H8O3S.C8H20N/c11-14(12,13)10-6-5-8-3-1-2-4-9(8)7-10;1-5-9(6-2,7-3)8-4/h1-7H,(H,11,12,13);5-8H2,1-4H3/q;+1/p-1. The summed E-state index contributed by atoms with van der Waals surface area (Å²) in [4.78, 5) is -0.184. The van der Waals surface area contributed by atoms with Crippen molar-refractivity contribution < 1.29 is 17.5 Å². The second-order valence-corrected chi connectivity index (χ2v) is 6.95. The summed E-state index contributed by atoms with van der Waals surface area (Å²) in [6, 6.07) is 11.6. The molecule has 2 rings (SSSR count). The minimum absolute atomic E-state index is 0.184. The molecule has 0 aliphatic heterocycles. The van der Waals surface area contributed by atoms with Gasteiger partial charge < -0.3 is 9.04 Å². The van der Waals surface area contributed by atoms with Gasteiger partial charge in [-0.3, -0.25) is 0 Å². The molecule has 0 aromatic heterocycles. The maximum absolute atomic E-state index is 10.7. The lowest BCUT2D eigenvalue weighted by Gasteiger charge is -2.34. The van der Waals surface area contributed by atoms with Crippen LogP contribution in [-0.2, 0) is 10.1 Å². The van der Waals surface area contributed by atoms with Gasteiger partial charge in [0.2, 0.25) is 0 Å². The molecule has 128 valence electrons. The van der Waals surface area contributed by atoms with Crippen molar-refractivity contribution in [2.24, 2.45) is 0 Å². The zero-order valence-corrected chi connectivity index (χ0v) is 15.3. The Morgan fingerprint density at radius 2 is 1.30 bits per heavy atom. The monoisotopic (exact) mass is 337 g/mol. The molecule has 2 aromatic carbocycles. The summed E-state index contributed by atoms with van der Waals surface area (Å²) in [5, 5.41) is 1.67. The number of nitrogens with zero attached hydrogens (tertiary/aromatic N) is 1. The van der Waals surface area contributed by atoms with Gasteiger partial charge in [0.05, 0.1) is 31.1 Å². The van der Waals surface area contributed by atoms with Crippen molar-refractivity contribution in [3.05, 3.63) is 42.5 Å².